The Morgan fingerprint density at radius 2 is 2.32 bits per heavy atom. The first-order valence-corrected chi connectivity index (χ1v) is 6.63. The Labute approximate surface area is 113 Å². The van der Waals surface area contributed by atoms with Gasteiger partial charge in [0.25, 0.3) is 0 Å². The molecule has 0 aliphatic carbocycles. The Hall–Kier alpha value is -1.62. The predicted octanol–water partition coefficient (Wildman–Crippen LogP) is 1.44. The summed E-state index contributed by atoms with van der Waals surface area (Å²) in [6, 6.07) is 4.06. The van der Waals surface area contributed by atoms with E-state index in [4.69, 9.17) is 5.11 Å². The summed E-state index contributed by atoms with van der Waals surface area (Å²) in [6.45, 7) is 2.40. The molecule has 0 amide bonds. The SMILES string of the molecule is CN(C)c1ccc(CN2CCC[C@H](C(=O)O)C2)cn1. The molecule has 1 aromatic heterocycles. The fourth-order valence-electron chi connectivity index (χ4n) is 2.43. The number of rotatable bonds is 4. The van der Waals surface area contributed by atoms with Gasteiger partial charge in [0.2, 0.25) is 0 Å². The molecule has 0 saturated carbocycles. The number of hydrogen-bond acceptors (Lipinski definition) is 4. The number of carboxylic acids is 1. The van der Waals surface area contributed by atoms with Gasteiger partial charge < -0.3 is 10.0 Å². The van der Waals surface area contributed by atoms with E-state index in [2.05, 4.69) is 16.0 Å². The Morgan fingerprint density at radius 1 is 1.53 bits per heavy atom. The zero-order chi connectivity index (χ0) is 13.8. The lowest BCUT2D eigenvalue weighted by Crippen LogP contribution is -2.38. The smallest absolute Gasteiger partial charge is 0.307 e. The van der Waals surface area contributed by atoms with E-state index < -0.39 is 5.97 Å². The summed E-state index contributed by atoms with van der Waals surface area (Å²) < 4.78 is 0. The third-order valence-electron chi connectivity index (χ3n) is 3.53. The topological polar surface area (TPSA) is 56.7 Å². The van der Waals surface area contributed by atoms with Crippen LogP contribution in [0.5, 0.6) is 0 Å². The van der Waals surface area contributed by atoms with E-state index in [0.29, 0.717) is 6.54 Å². The second kappa shape index (κ2) is 6.02. The standard InChI is InChI=1S/C14H21N3O2/c1-16(2)13-6-5-11(8-15-13)9-17-7-3-4-12(10-17)14(18)19/h5-6,8,12H,3-4,7,9-10H2,1-2H3,(H,18,19)/t12-/m0/s1. The van der Waals surface area contributed by atoms with Gasteiger partial charge >= 0.3 is 5.97 Å². The van der Waals surface area contributed by atoms with Gasteiger partial charge in [-0.25, -0.2) is 4.98 Å². The van der Waals surface area contributed by atoms with Crippen LogP contribution < -0.4 is 4.90 Å². The van der Waals surface area contributed by atoms with Crippen molar-refractivity contribution in [1.29, 1.82) is 0 Å². The number of pyridine rings is 1. The van der Waals surface area contributed by atoms with Crippen molar-refractivity contribution in [2.75, 3.05) is 32.1 Å². The van der Waals surface area contributed by atoms with Gasteiger partial charge in [0.1, 0.15) is 5.82 Å². The summed E-state index contributed by atoms with van der Waals surface area (Å²) in [4.78, 5) is 19.6. The zero-order valence-corrected chi connectivity index (χ0v) is 11.5. The Kier molecular flexibility index (Phi) is 4.37. The van der Waals surface area contributed by atoms with Gasteiger partial charge in [-0.1, -0.05) is 6.07 Å². The highest BCUT2D eigenvalue weighted by Gasteiger charge is 2.25. The summed E-state index contributed by atoms with van der Waals surface area (Å²) in [5.74, 6) is 0.0411. The van der Waals surface area contributed by atoms with Gasteiger partial charge in [-0.3, -0.25) is 9.69 Å². The molecular weight excluding hydrogens is 242 g/mol. The van der Waals surface area contributed by atoms with E-state index in [1.165, 1.54) is 0 Å². The van der Waals surface area contributed by atoms with Crippen molar-refractivity contribution < 1.29 is 9.90 Å². The van der Waals surface area contributed by atoms with Crippen LogP contribution in [0.1, 0.15) is 18.4 Å². The van der Waals surface area contributed by atoms with E-state index >= 15 is 0 Å². The van der Waals surface area contributed by atoms with Crippen LogP contribution in [0.3, 0.4) is 0 Å². The Morgan fingerprint density at radius 3 is 2.89 bits per heavy atom. The van der Waals surface area contributed by atoms with Gasteiger partial charge in [-0.05, 0) is 31.0 Å². The molecule has 0 unspecified atom stereocenters. The number of aromatic nitrogens is 1. The van der Waals surface area contributed by atoms with Crippen LogP contribution in [0, 0.1) is 5.92 Å². The fraction of sp³-hybridized carbons (Fsp3) is 0.571. The third kappa shape index (κ3) is 3.67. The van der Waals surface area contributed by atoms with Crippen molar-refractivity contribution in [1.82, 2.24) is 9.88 Å². The molecule has 1 atom stereocenters. The predicted molar refractivity (Wildman–Crippen MR) is 74.2 cm³/mol. The average Bonchev–Trinajstić information content (AvgIpc) is 2.39. The largest absolute Gasteiger partial charge is 0.481 e. The maximum atomic E-state index is 11.0. The molecule has 0 spiro atoms. The monoisotopic (exact) mass is 263 g/mol. The van der Waals surface area contributed by atoms with Crippen molar-refractivity contribution >= 4 is 11.8 Å². The number of hydrogen-bond donors (Lipinski definition) is 1. The molecule has 0 bridgehead atoms. The van der Waals surface area contributed by atoms with Crippen LogP contribution in [-0.2, 0) is 11.3 Å². The second-order valence-electron chi connectivity index (χ2n) is 5.33. The van der Waals surface area contributed by atoms with Crippen molar-refractivity contribution in [2.24, 2.45) is 5.92 Å². The Balaban J connectivity index is 1.95. The first kappa shape index (κ1) is 13.8. The molecule has 1 aliphatic rings. The minimum atomic E-state index is -0.675. The van der Waals surface area contributed by atoms with Crippen molar-refractivity contribution in [3.63, 3.8) is 0 Å². The fourth-order valence-corrected chi connectivity index (χ4v) is 2.43. The molecule has 2 rings (SSSR count). The van der Waals surface area contributed by atoms with Crippen LogP contribution in [0.4, 0.5) is 5.82 Å². The molecule has 2 heterocycles. The summed E-state index contributed by atoms with van der Waals surface area (Å²) in [5, 5.41) is 9.08. The number of aliphatic carboxylic acids is 1. The van der Waals surface area contributed by atoms with E-state index in [-0.39, 0.29) is 5.92 Å². The van der Waals surface area contributed by atoms with Gasteiger partial charge in [0.15, 0.2) is 0 Å². The van der Waals surface area contributed by atoms with Crippen molar-refractivity contribution in [2.45, 2.75) is 19.4 Å². The third-order valence-corrected chi connectivity index (χ3v) is 3.53. The molecule has 1 saturated heterocycles. The lowest BCUT2D eigenvalue weighted by Gasteiger charge is -2.30. The van der Waals surface area contributed by atoms with Crippen LogP contribution >= 0.6 is 0 Å². The van der Waals surface area contributed by atoms with Gasteiger partial charge in [0.05, 0.1) is 5.92 Å². The van der Waals surface area contributed by atoms with Gasteiger partial charge in [-0.15, -0.1) is 0 Å². The van der Waals surface area contributed by atoms with E-state index in [9.17, 15) is 4.79 Å². The lowest BCUT2D eigenvalue weighted by molar-refractivity contribution is -0.143. The van der Waals surface area contributed by atoms with Crippen LogP contribution in [-0.4, -0.2) is 48.1 Å². The van der Waals surface area contributed by atoms with E-state index in [1.54, 1.807) is 0 Å². The highest BCUT2D eigenvalue weighted by Crippen LogP contribution is 2.19. The number of carboxylic acid groups (broad SMARTS) is 1. The summed E-state index contributed by atoms with van der Waals surface area (Å²) in [7, 11) is 3.92. The normalized spacial score (nSPS) is 20.2. The number of likely N-dealkylation sites (tertiary alicyclic amines) is 1. The minimum Gasteiger partial charge on any atom is -0.481 e. The average molecular weight is 263 g/mol. The molecule has 1 aliphatic heterocycles. The molecular formula is C14H21N3O2. The molecule has 1 fully saturated rings. The van der Waals surface area contributed by atoms with E-state index in [1.807, 2.05) is 31.3 Å². The second-order valence-corrected chi connectivity index (χ2v) is 5.33. The van der Waals surface area contributed by atoms with Gasteiger partial charge in [-0.2, -0.15) is 0 Å². The number of anilines is 1. The molecule has 0 radical (unpaired) electrons. The maximum absolute atomic E-state index is 11.0. The van der Waals surface area contributed by atoms with Crippen LogP contribution in [0.2, 0.25) is 0 Å². The number of nitrogens with zero attached hydrogens (tertiary/aromatic N) is 3. The minimum absolute atomic E-state index is 0.220. The van der Waals surface area contributed by atoms with Crippen molar-refractivity contribution in [3.8, 4) is 0 Å². The van der Waals surface area contributed by atoms with Crippen LogP contribution in [0.25, 0.3) is 0 Å². The molecule has 19 heavy (non-hydrogen) atoms. The van der Waals surface area contributed by atoms with Gasteiger partial charge in [0, 0.05) is 33.4 Å². The summed E-state index contributed by atoms with van der Waals surface area (Å²) in [6.07, 6.45) is 3.63. The van der Waals surface area contributed by atoms with Crippen molar-refractivity contribution in [3.05, 3.63) is 23.9 Å². The van der Waals surface area contributed by atoms with E-state index in [0.717, 1.165) is 37.3 Å². The maximum Gasteiger partial charge on any atom is 0.307 e. The first-order chi connectivity index (χ1) is 9.06. The summed E-state index contributed by atoms with van der Waals surface area (Å²) >= 11 is 0. The summed E-state index contributed by atoms with van der Waals surface area (Å²) in [5.41, 5.74) is 1.14. The molecule has 5 heteroatoms. The highest BCUT2D eigenvalue weighted by molar-refractivity contribution is 5.70. The first-order valence-electron chi connectivity index (χ1n) is 6.63. The molecule has 104 valence electrons. The number of piperidine rings is 1. The van der Waals surface area contributed by atoms with Crippen LogP contribution in [0.15, 0.2) is 18.3 Å². The molecule has 1 N–H and O–H groups in total. The highest BCUT2D eigenvalue weighted by atomic mass is 16.4. The lowest BCUT2D eigenvalue weighted by atomic mass is 9.98. The molecule has 0 aromatic carbocycles. The molecule has 5 nitrogen and oxygen atoms in total. The quantitative estimate of drug-likeness (QED) is 0.891. The number of carbonyl (C=O) groups is 1. The Bertz CT molecular complexity index is 431. The zero-order valence-electron chi connectivity index (χ0n) is 11.5. The molecule has 1 aromatic rings.